The second-order valence-electron chi connectivity index (χ2n) is 3.82. The Bertz CT molecular complexity index is 526. The van der Waals surface area contributed by atoms with E-state index in [1.807, 2.05) is 0 Å². The minimum absolute atomic E-state index is 0.257. The number of hydrogen-bond donors (Lipinski definition) is 1. The highest BCUT2D eigenvalue weighted by Gasteiger charge is 2.02. The molecule has 3 nitrogen and oxygen atoms in total. The molecule has 0 saturated heterocycles. The third-order valence-electron chi connectivity index (χ3n) is 2.52. The quantitative estimate of drug-likeness (QED) is 0.845. The van der Waals surface area contributed by atoms with Crippen LogP contribution in [0.25, 0.3) is 0 Å². The summed E-state index contributed by atoms with van der Waals surface area (Å²) >= 11 is 0. The fourth-order valence-corrected chi connectivity index (χ4v) is 1.55. The lowest BCUT2D eigenvalue weighted by atomic mass is 10.2. The minimum atomic E-state index is -0.257. The van der Waals surface area contributed by atoms with Crippen LogP contribution >= 0.6 is 0 Å². The number of benzene rings is 2. The van der Waals surface area contributed by atoms with Gasteiger partial charge in [-0.25, -0.2) is 4.39 Å². The zero-order valence-electron chi connectivity index (χ0n) is 10.0. The molecule has 0 amide bonds. The summed E-state index contributed by atoms with van der Waals surface area (Å²) in [4.78, 5) is 0. The predicted molar refractivity (Wildman–Crippen MR) is 68.1 cm³/mol. The molecule has 0 unspecified atom stereocenters. The highest BCUT2D eigenvalue weighted by Crippen LogP contribution is 2.26. The van der Waals surface area contributed by atoms with Crippen LogP contribution in [0.2, 0.25) is 0 Å². The third-order valence-corrected chi connectivity index (χ3v) is 2.52. The van der Waals surface area contributed by atoms with Gasteiger partial charge >= 0.3 is 0 Å². The number of ether oxygens (including phenoxy) is 2. The van der Waals surface area contributed by atoms with Gasteiger partial charge in [0.2, 0.25) is 0 Å². The van der Waals surface area contributed by atoms with E-state index in [9.17, 15) is 4.39 Å². The SMILES string of the molecule is COc1ccc(OCc2ccc(F)cc2)cc1N. The smallest absolute Gasteiger partial charge is 0.142 e. The van der Waals surface area contributed by atoms with E-state index in [4.69, 9.17) is 15.2 Å². The molecule has 0 aliphatic carbocycles. The Kier molecular flexibility index (Phi) is 3.67. The maximum Gasteiger partial charge on any atom is 0.142 e. The van der Waals surface area contributed by atoms with Crippen molar-refractivity contribution in [2.24, 2.45) is 0 Å². The lowest BCUT2D eigenvalue weighted by molar-refractivity contribution is 0.305. The molecule has 0 heterocycles. The summed E-state index contributed by atoms with van der Waals surface area (Å²) in [7, 11) is 1.56. The molecule has 0 atom stereocenters. The Morgan fingerprint density at radius 3 is 2.44 bits per heavy atom. The van der Waals surface area contributed by atoms with Crippen molar-refractivity contribution in [3.8, 4) is 11.5 Å². The van der Waals surface area contributed by atoms with Crippen molar-refractivity contribution in [2.75, 3.05) is 12.8 Å². The molecular weight excluding hydrogens is 233 g/mol. The van der Waals surface area contributed by atoms with Crippen molar-refractivity contribution in [3.63, 3.8) is 0 Å². The summed E-state index contributed by atoms with van der Waals surface area (Å²) < 4.78 is 23.3. The lowest BCUT2D eigenvalue weighted by Crippen LogP contribution is -1.97. The number of methoxy groups -OCH3 is 1. The second-order valence-corrected chi connectivity index (χ2v) is 3.82. The van der Waals surface area contributed by atoms with E-state index in [0.29, 0.717) is 23.8 Å². The first-order chi connectivity index (χ1) is 8.69. The van der Waals surface area contributed by atoms with Crippen molar-refractivity contribution in [2.45, 2.75) is 6.61 Å². The van der Waals surface area contributed by atoms with Gasteiger partial charge in [0.15, 0.2) is 0 Å². The number of nitrogen functional groups attached to an aromatic ring is 1. The van der Waals surface area contributed by atoms with Crippen LogP contribution in [0.5, 0.6) is 11.5 Å². The van der Waals surface area contributed by atoms with Gasteiger partial charge in [-0.05, 0) is 29.8 Å². The largest absolute Gasteiger partial charge is 0.495 e. The molecule has 0 bridgehead atoms. The van der Waals surface area contributed by atoms with E-state index in [0.717, 1.165) is 5.56 Å². The minimum Gasteiger partial charge on any atom is -0.495 e. The van der Waals surface area contributed by atoms with E-state index >= 15 is 0 Å². The molecule has 0 fully saturated rings. The zero-order chi connectivity index (χ0) is 13.0. The zero-order valence-corrected chi connectivity index (χ0v) is 10.0. The van der Waals surface area contributed by atoms with Gasteiger partial charge in [0.1, 0.15) is 23.9 Å². The second kappa shape index (κ2) is 5.40. The van der Waals surface area contributed by atoms with Crippen molar-refractivity contribution >= 4 is 5.69 Å². The van der Waals surface area contributed by atoms with E-state index < -0.39 is 0 Å². The van der Waals surface area contributed by atoms with Gasteiger partial charge in [0.05, 0.1) is 12.8 Å². The molecule has 94 valence electrons. The summed E-state index contributed by atoms with van der Waals surface area (Å²) in [5.41, 5.74) is 7.18. The molecule has 0 aliphatic heterocycles. The monoisotopic (exact) mass is 247 g/mol. The molecule has 2 rings (SSSR count). The lowest BCUT2D eigenvalue weighted by Gasteiger charge is -2.09. The number of anilines is 1. The van der Waals surface area contributed by atoms with E-state index in [2.05, 4.69) is 0 Å². The van der Waals surface area contributed by atoms with Crippen molar-refractivity contribution in [3.05, 3.63) is 53.8 Å². The normalized spacial score (nSPS) is 10.1. The summed E-state index contributed by atoms with van der Waals surface area (Å²) in [6.07, 6.45) is 0. The van der Waals surface area contributed by atoms with E-state index in [1.54, 1.807) is 37.4 Å². The highest BCUT2D eigenvalue weighted by atomic mass is 19.1. The van der Waals surface area contributed by atoms with Crippen LogP contribution in [-0.4, -0.2) is 7.11 Å². The maximum absolute atomic E-state index is 12.7. The van der Waals surface area contributed by atoms with Gasteiger partial charge in [-0.3, -0.25) is 0 Å². The molecule has 4 heteroatoms. The first-order valence-corrected chi connectivity index (χ1v) is 5.50. The van der Waals surface area contributed by atoms with Crippen LogP contribution in [0.4, 0.5) is 10.1 Å². The standard InChI is InChI=1S/C14H14FNO2/c1-17-14-7-6-12(8-13(14)16)18-9-10-2-4-11(15)5-3-10/h2-8H,9,16H2,1H3. The first-order valence-electron chi connectivity index (χ1n) is 5.50. The molecule has 0 aromatic heterocycles. The Morgan fingerprint density at radius 1 is 1.11 bits per heavy atom. The Hall–Kier alpha value is -2.23. The summed E-state index contributed by atoms with van der Waals surface area (Å²) in [5.74, 6) is 1.01. The summed E-state index contributed by atoms with van der Waals surface area (Å²) in [6.45, 7) is 0.367. The molecule has 2 aromatic rings. The molecular formula is C14H14FNO2. The van der Waals surface area contributed by atoms with Gasteiger partial charge in [0, 0.05) is 6.07 Å². The summed E-state index contributed by atoms with van der Waals surface area (Å²) in [6, 6.07) is 11.4. The van der Waals surface area contributed by atoms with Gasteiger partial charge in [-0.15, -0.1) is 0 Å². The van der Waals surface area contributed by atoms with E-state index in [1.165, 1.54) is 12.1 Å². The number of nitrogens with two attached hydrogens (primary N) is 1. The molecule has 0 saturated carbocycles. The van der Waals surface area contributed by atoms with Crippen LogP contribution in [0, 0.1) is 5.82 Å². The predicted octanol–water partition coefficient (Wildman–Crippen LogP) is 3.00. The Labute approximate surface area is 105 Å². The van der Waals surface area contributed by atoms with Gasteiger partial charge < -0.3 is 15.2 Å². The van der Waals surface area contributed by atoms with Crippen LogP contribution in [0.15, 0.2) is 42.5 Å². The van der Waals surface area contributed by atoms with E-state index in [-0.39, 0.29) is 5.82 Å². The first kappa shape index (κ1) is 12.2. The highest BCUT2D eigenvalue weighted by molar-refractivity contribution is 5.56. The number of rotatable bonds is 4. The average molecular weight is 247 g/mol. The number of hydrogen-bond acceptors (Lipinski definition) is 3. The van der Waals surface area contributed by atoms with Crippen molar-refractivity contribution in [1.82, 2.24) is 0 Å². The Morgan fingerprint density at radius 2 is 1.83 bits per heavy atom. The fourth-order valence-electron chi connectivity index (χ4n) is 1.55. The third kappa shape index (κ3) is 2.91. The van der Waals surface area contributed by atoms with Gasteiger partial charge in [-0.2, -0.15) is 0 Å². The van der Waals surface area contributed by atoms with Crippen LogP contribution < -0.4 is 15.2 Å². The fraction of sp³-hybridized carbons (Fsp3) is 0.143. The van der Waals surface area contributed by atoms with Crippen LogP contribution in [0.1, 0.15) is 5.56 Å². The molecule has 0 spiro atoms. The van der Waals surface area contributed by atoms with Crippen molar-refractivity contribution < 1.29 is 13.9 Å². The summed E-state index contributed by atoms with van der Waals surface area (Å²) in [5, 5.41) is 0. The molecule has 0 radical (unpaired) electrons. The number of halogens is 1. The molecule has 0 aliphatic rings. The van der Waals surface area contributed by atoms with Crippen molar-refractivity contribution in [1.29, 1.82) is 0 Å². The Balaban J connectivity index is 2.02. The van der Waals surface area contributed by atoms with Crippen LogP contribution in [0.3, 0.4) is 0 Å². The maximum atomic E-state index is 12.7. The van der Waals surface area contributed by atoms with Gasteiger partial charge in [-0.1, -0.05) is 12.1 Å². The topological polar surface area (TPSA) is 44.5 Å². The average Bonchev–Trinajstić information content (AvgIpc) is 2.38. The van der Waals surface area contributed by atoms with Gasteiger partial charge in [0.25, 0.3) is 0 Å². The van der Waals surface area contributed by atoms with Crippen LogP contribution in [-0.2, 0) is 6.61 Å². The molecule has 18 heavy (non-hydrogen) atoms. The molecule has 2 N–H and O–H groups in total. The molecule has 2 aromatic carbocycles.